The number of carbonyl (C=O) groups excluding carboxylic acids is 1. The summed E-state index contributed by atoms with van der Waals surface area (Å²) >= 11 is 0. The smallest absolute Gasteiger partial charge is 0.311 e. The molecule has 0 heterocycles. The number of esters is 1. The normalized spacial score (nSPS) is 11.5. The van der Waals surface area contributed by atoms with E-state index in [-0.39, 0.29) is 25.0 Å². The van der Waals surface area contributed by atoms with Gasteiger partial charge in [-0.1, -0.05) is 6.92 Å². The Hall–Kier alpha value is -2.76. The average Bonchev–Trinajstić information content (AvgIpc) is 2.65. The minimum atomic E-state index is -0.475. The van der Waals surface area contributed by atoms with Gasteiger partial charge in [-0.05, 0) is 68.8 Å². The Bertz CT molecular complexity index is 741. The Labute approximate surface area is 152 Å². The molecule has 0 saturated heterocycles. The fraction of sp³-hybridized carbons (Fsp3) is 0.350. The molecule has 2 aromatic carbocycles. The van der Waals surface area contributed by atoms with Crippen molar-refractivity contribution in [2.45, 2.75) is 27.2 Å². The molecule has 0 aliphatic rings. The molecule has 0 fully saturated rings. The fourth-order valence-electron chi connectivity index (χ4n) is 1.87. The number of azo groups is 1. The number of halogens is 1. The molecular weight excluding hydrogens is 335 g/mol. The molecule has 0 aliphatic carbocycles. The third kappa shape index (κ3) is 5.95. The van der Waals surface area contributed by atoms with Crippen molar-refractivity contribution in [1.82, 2.24) is 0 Å². The zero-order valence-electron chi connectivity index (χ0n) is 15.2. The summed E-state index contributed by atoms with van der Waals surface area (Å²) in [6.45, 7) is 6.15. The van der Waals surface area contributed by atoms with Crippen LogP contribution in [0.25, 0.3) is 0 Å². The largest absolute Gasteiger partial charge is 0.490 e. The van der Waals surface area contributed by atoms with Crippen molar-refractivity contribution < 1.29 is 18.7 Å². The van der Waals surface area contributed by atoms with E-state index in [9.17, 15) is 9.18 Å². The summed E-state index contributed by atoms with van der Waals surface area (Å²) in [5.74, 6) is 0.117. The molecule has 0 unspecified atom stereocenters. The van der Waals surface area contributed by atoms with Crippen molar-refractivity contribution in [3.63, 3.8) is 0 Å². The maximum Gasteiger partial charge on any atom is 0.311 e. The standard InChI is InChI=1S/C20H23FN2O3/c1-4-20(2,3)19(24)26-14-13-25-18-11-9-17(10-12-18)23-22-16-7-5-15(21)6-8-16/h5-12H,4,13-14H2,1-3H3/b23-22-. The summed E-state index contributed by atoms with van der Waals surface area (Å²) in [5.41, 5.74) is 0.748. The Kier molecular flexibility index (Phi) is 6.83. The first-order chi connectivity index (χ1) is 12.4. The Morgan fingerprint density at radius 3 is 2.04 bits per heavy atom. The van der Waals surface area contributed by atoms with Gasteiger partial charge in [0.15, 0.2) is 0 Å². The van der Waals surface area contributed by atoms with Gasteiger partial charge in [0.2, 0.25) is 0 Å². The van der Waals surface area contributed by atoms with Crippen LogP contribution in [0.5, 0.6) is 5.75 Å². The third-order valence-electron chi connectivity index (χ3n) is 3.97. The molecule has 6 heteroatoms. The van der Waals surface area contributed by atoms with E-state index in [1.54, 1.807) is 36.4 Å². The molecule has 0 atom stereocenters. The van der Waals surface area contributed by atoms with Crippen LogP contribution in [-0.4, -0.2) is 19.2 Å². The maximum absolute atomic E-state index is 12.8. The van der Waals surface area contributed by atoms with Crippen LogP contribution in [-0.2, 0) is 9.53 Å². The molecule has 0 bridgehead atoms. The number of carbonyl (C=O) groups is 1. The summed E-state index contributed by atoms with van der Waals surface area (Å²) in [6, 6.07) is 12.8. The van der Waals surface area contributed by atoms with Crippen molar-refractivity contribution in [3.05, 3.63) is 54.3 Å². The molecule has 0 amide bonds. The molecule has 0 spiro atoms. The van der Waals surface area contributed by atoms with Crippen LogP contribution in [0.1, 0.15) is 27.2 Å². The molecular formula is C20H23FN2O3. The molecule has 0 N–H and O–H groups in total. The molecule has 5 nitrogen and oxygen atoms in total. The number of nitrogens with zero attached hydrogens (tertiary/aromatic N) is 2. The van der Waals surface area contributed by atoms with Crippen LogP contribution in [0.3, 0.4) is 0 Å². The Morgan fingerprint density at radius 1 is 0.962 bits per heavy atom. The zero-order valence-corrected chi connectivity index (χ0v) is 15.2. The molecule has 0 saturated carbocycles. The highest BCUT2D eigenvalue weighted by Gasteiger charge is 2.26. The Morgan fingerprint density at radius 2 is 1.50 bits per heavy atom. The lowest BCUT2D eigenvalue weighted by Gasteiger charge is -2.20. The predicted molar refractivity (Wildman–Crippen MR) is 97.5 cm³/mol. The fourth-order valence-corrected chi connectivity index (χ4v) is 1.87. The van der Waals surface area contributed by atoms with E-state index in [4.69, 9.17) is 9.47 Å². The van der Waals surface area contributed by atoms with Crippen molar-refractivity contribution in [3.8, 4) is 5.75 Å². The van der Waals surface area contributed by atoms with Crippen molar-refractivity contribution in [1.29, 1.82) is 0 Å². The molecule has 2 aromatic rings. The van der Waals surface area contributed by atoms with Crippen LogP contribution < -0.4 is 4.74 Å². The second-order valence-corrected chi connectivity index (χ2v) is 6.39. The number of rotatable bonds is 8. The predicted octanol–water partition coefficient (Wildman–Crippen LogP) is 5.60. The SMILES string of the molecule is CCC(C)(C)C(=O)OCCOc1ccc(/N=N\c2ccc(F)cc2)cc1. The summed E-state index contributed by atoms with van der Waals surface area (Å²) in [4.78, 5) is 11.8. The maximum atomic E-state index is 12.8. The van der Waals surface area contributed by atoms with Crippen LogP contribution in [0.4, 0.5) is 15.8 Å². The van der Waals surface area contributed by atoms with Crippen molar-refractivity contribution in [2.75, 3.05) is 13.2 Å². The summed E-state index contributed by atoms with van der Waals surface area (Å²) in [6.07, 6.45) is 0.723. The van der Waals surface area contributed by atoms with E-state index in [0.717, 1.165) is 6.42 Å². The first kappa shape index (κ1) is 19.6. The molecule has 0 aliphatic heterocycles. The summed E-state index contributed by atoms with van der Waals surface area (Å²) < 4.78 is 23.6. The van der Waals surface area contributed by atoms with E-state index in [2.05, 4.69) is 10.2 Å². The topological polar surface area (TPSA) is 60.2 Å². The van der Waals surface area contributed by atoms with E-state index in [0.29, 0.717) is 17.1 Å². The molecule has 0 aromatic heterocycles. The molecule has 138 valence electrons. The minimum absolute atomic E-state index is 0.203. The first-order valence-corrected chi connectivity index (χ1v) is 8.48. The highest BCUT2D eigenvalue weighted by Crippen LogP contribution is 2.22. The number of benzene rings is 2. The van der Waals surface area contributed by atoms with Gasteiger partial charge in [-0.25, -0.2) is 4.39 Å². The average molecular weight is 358 g/mol. The zero-order chi connectivity index (χ0) is 19.0. The summed E-state index contributed by atoms with van der Waals surface area (Å²) in [7, 11) is 0. The van der Waals surface area contributed by atoms with Gasteiger partial charge in [0, 0.05) is 0 Å². The van der Waals surface area contributed by atoms with Crippen molar-refractivity contribution in [2.24, 2.45) is 15.6 Å². The molecule has 2 rings (SSSR count). The van der Waals surface area contributed by atoms with E-state index in [1.807, 2.05) is 20.8 Å². The van der Waals surface area contributed by atoms with E-state index < -0.39 is 5.41 Å². The lowest BCUT2D eigenvalue weighted by molar-refractivity contribution is -0.154. The van der Waals surface area contributed by atoms with Gasteiger partial charge in [0.25, 0.3) is 0 Å². The van der Waals surface area contributed by atoms with Gasteiger partial charge in [0.05, 0.1) is 16.8 Å². The van der Waals surface area contributed by atoms with Crippen LogP contribution in [0.2, 0.25) is 0 Å². The van der Waals surface area contributed by atoms with E-state index in [1.165, 1.54) is 12.1 Å². The number of hydrogen-bond acceptors (Lipinski definition) is 5. The lowest BCUT2D eigenvalue weighted by Crippen LogP contribution is -2.27. The third-order valence-corrected chi connectivity index (χ3v) is 3.97. The van der Waals surface area contributed by atoms with Gasteiger partial charge in [0.1, 0.15) is 24.8 Å². The number of hydrogen-bond donors (Lipinski definition) is 0. The second-order valence-electron chi connectivity index (χ2n) is 6.39. The van der Waals surface area contributed by atoms with Gasteiger partial charge < -0.3 is 9.47 Å². The van der Waals surface area contributed by atoms with Gasteiger partial charge >= 0.3 is 5.97 Å². The number of ether oxygens (including phenoxy) is 2. The highest BCUT2D eigenvalue weighted by molar-refractivity contribution is 5.75. The van der Waals surface area contributed by atoms with Crippen LogP contribution >= 0.6 is 0 Å². The van der Waals surface area contributed by atoms with Gasteiger partial charge in [-0.3, -0.25) is 4.79 Å². The van der Waals surface area contributed by atoms with Gasteiger partial charge in [-0.15, -0.1) is 0 Å². The highest BCUT2D eigenvalue weighted by atomic mass is 19.1. The molecule has 26 heavy (non-hydrogen) atoms. The first-order valence-electron chi connectivity index (χ1n) is 8.48. The minimum Gasteiger partial charge on any atom is -0.490 e. The van der Waals surface area contributed by atoms with Gasteiger partial charge in [-0.2, -0.15) is 10.2 Å². The monoisotopic (exact) mass is 358 g/mol. The summed E-state index contributed by atoms with van der Waals surface area (Å²) in [5, 5.41) is 8.11. The molecule has 0 radical (unpaired) electrons. The Balaban J connectivity index is 1.78. The van der Waals surface area contributed by atoms with Crippen LogP contribution in [0, 0.1) is 11.2 Å². The van der Waals surface area contributed by atoms with Crippen LogP contribution in [0.15, 0.2) is 58.8 Å². The second kappa shape index (κ2) is 9.08. The van der Waals surface area contributed by atoms with E-state index >= 15 is 0 Å². The quantitative estimate of drug-likeness (QED) is 0.350. The lowest BCUT2D eigenvalue weighted by atomic mass is 9.91. The van der Waals surface area contributed by atoms with Crippen molar-refractivity contribution >= 4 is 17.3 Å².